The van der Waals surface area contributed by atoms with Crippen molar-refractivity contribution in [3.8, 4) is 0 Å². The van der Waals surface area contributed by atoms with Gasteiger partial charge in [-0.15, -0.1) is 0 Å². The van der Waals surface area contributed by atoms with Crippen molar-refractivity contribution in [3.05, 3.63) is 82.9 Å². The fraction of sp³-hybridized carbons (Fsp3) is 0.385. The van der Waals surface area contributed by atoms with Gasteiger partial charge < -0.3 is 0 Å². The molecule has 4 rings (SSSR count). The Bertz CT molecular complexity index is 933. The second kappa shape index (κ2) is 9.43. The topological polar surface area (TPSA) is 9.23 Å². The molecule has 31 heavy (non-hydrogen) atoms. The van der Waals surface area contributed by atoms with Crippen molar-refractivity contribution in [1.29, 1.82) is 0 Å². The molecule has 2 aliphatic carbocycles. The molecule has 3 unspecified atom stereocenters. The summed E-state index contributed by atoms with van der Waals surface area (Å²) in [5, 5.41) is 0. The van der Waals surface area contributed by atoms with E-state index < -0.39 is 27.7 Å². The Morgan fingerprint density at radius 3 is 1.84 bits per heavy atom. The van der Waals surface area contributed by atoms with Crippen LogP contribution in [0.25, 0.3) is 12.2 Å². The van der Waals surface area contributed by atoms with E-state index >= 15 is 0 Å². The van der Waals surface area contributed by atoms with Crippen LogP contribution >= 0.6 is 17.0 Å². The standard InChI is InChI=1S/C26H31OSi.2ClH.Zr/c1-26(18-9-19-27-28(2,3)4,24-16-14-20-10-5-7-12-22(20)24)25-17-15-21-11-6-8-13-23(21)25;;;/h5-8,10-17,19,24-25H,9,18H2,1-4H3;2*1H;/q;;;+2/p-2. The molecule has 0 aliphatic heterocycles. The van der Waals surface area contributed by atoms with Gasteiger partial charge in [-0.1, -0.05) is 0 Å². The number of benzene rings is 2. The second-order valence-electron chi connectivity index (χ2n) is 9.98. The van der Waals surface area contributed by atoms with Crippen LogP contribution in [0.2, 0.25) is 19.6 Å². The van der Waals surface area contributed by atoms with Crippen LogP contribution in [0.1, 0.15) is 53.9 Å². The van der Waals surface area contributed by atoms with Crippen molar-refractivity contribution in [3.63, 3.8) is 0 Å². The summed E-state index contributed by atoms with van der Waals surface area (Å²) in [6, 6.07) is 17.6. The maximum atomic E-state index is 6.59. The SMILES string of the molecule is CC(CC[CH](O[Si](C)(C)C)[Zr]([Cl])[Cl])(C1C=Cc2ccccc21)C1C=Cc2ccccc21. The second-order valence-corrected chi connectivity index (χ2v) is 23.4. The Kier molecular flexibility index (Phi) is 7.21. The van der Waals surface area contributed by atoms with Crippen LogP contribution < -0.4 is 0 Å². The summed E-state index contributed by atoms with van der Waals surface area (Å²) in [4.78, 5) is 0. The Labute approximate surface area is 203 Å². The van der Waals surface area contributed by atoms with Gasteiger partial charge in [0, 0.05) is 0 Å². The van der Waals surface area contributed by atoms with Crippen molar-refractivity contribution >= 4 is 37.5 Å². The van der Waals surface area contributed by atoms with Gasteiger partial charge in [0.1, 0.15) is 0 Å². The number of hydrogen-bond donors (Lipinski definition) is 0. The van der Waals surface area contributed by atoms with Crippen LogP contribution in [0.15, 0.2) is 60.7 Å². The van der Waals surface area contributed by atoms with Gasteiger partial charge in [-0.25, -0.2) is 0 Å². The van der Waals surface area contributed by atoms with E-state index in [4.69, 9.17) is 21.5 Å². The first kappa shape index (κ1) is 23.7. The molecule has 2 aliphatic rings. The van der Waals surface area contributed by atoms with Crippen molar-refractivity contribution in [2.45, 2.75) is 55.1 Å². The van der Waals surface area contributed by atoms with Crippen LogP contribution in [-0.4, -0.2) is 12.1 Å². The third kappa shape index (κ3) is 5.07. The first-order chi connectivity index (χ1) is 14.7. The Balaban J connectivity index is 1.69. The zero-order chi connectivity index (χ0) is 22.2. The van der Waals surface area contributed by atoms with E-state index in [1.807, 2.05) is 0 Å². The average Bonchev–Trinajstić information content (AvgIpc) is 3.35. The number of fused-ring (bicyclic) bond motifs is 2. The predicted molar refractivity (Wildman–Crippen MR) is 134 cm³/mol. The van der Waals surface area contributed by atoms with E-state index in [1.165, 1.54) is 22.3 Å². The molecule has 0 saturated carbocycles. The molecule has 0 heterocycles. The molecule has 0 bridgehead atoms. The Morgan fingerprint density at radius 2 is 1.39 bits per heavy atom. The molecule has 0 saturated heterocycles. The van der Waals surface area contributed by atoms with E-state index in [0.29, 0.717) is 11.8 Å². The van der Waals surface area contributed by atoms with Crippen molar-refractivity contribution in [1.82, 2.24) is 0 Å². The first-order valence-electron chi connectivity index (χ1n) is 11.1. The zero-order valence-electron chi connectivity index (χ0n) is 18.7. The van der Waals surface area contributed by atoms with E-state index in [-0.39, 0.29) is 9.23 Å². The molecule has 0 spiro atoms. The van der Waals surface area contributed by atoms with Crippen molar-refractivity contribution in [2.75, 3.05) is 0 Å². The average molecular weight is 550 g/mol. The molecule has 5 heteroatoms. The van der Waals surface area contributed by atoms with E-state index in [0.717, 1.165) is 12.8 Å². The van der Waals surface area contributed by atoms with Gasteiger partial charge in [-0.05, 0) is 0 Å². The van der Waals surface area contributed by atoms with Crippen molar-refractivity contribution < 1.29 is 23.8 Å². The molecule has 0 fully saturated rings. The van der Waals surface area contributed by atoms with Gasteiger partial charge in [-0.3, -0.25) is 0 Å². The predicted octanol–water partition coefficient (Wildman–Crippen LogP) is 8.50. The first-order valence-corrected chi connectivity index (χ1v) is 22.2. The Morgan fingerprint density at radius 1 is 0.903 bits per heavy atom. The molecule has 163 valence electrons. The minimum absolute atomic E-state index is 0.0135. The number of hydrogen-bond acceptors (Lipinski definition) is 1. The number of halogens is 2. The van der Waals surface area contributed by atoms with Gasteiger partial charge in [0.25, 0.3) is 0 Å². The normalized spacial score (nSPS) is 22.1. The molecule has 0 aromatic heterocycles. The summed E-state index contributed by atoms with van der Waals surface area (Å²) >= 11 is -2.55. The zero-order valence-corrected chi connectivity index (χ0v) is 23.7. The van der Waals surface area contributed by atoms with E-state index in [1.54, 1.807) is 0 Å². The van der Waals surface area contributed by atoms with Crippen LogP contribution in [-0.2, 0) is 23.8 Å². The summed E-state index contributed by atoms with van der Waals surface area (Å²) in [6.45, 7) is 9.14. The quantitative estimate of drug-likeness (QED) is 0.300. The van der Waals surface area contributed by atoms with Gasteiger partial charge in [-0.2, -0.15) is 0 Å². The third-order valence-corrected chi connectivity index (χ3v) is 13.4. The van der Waals surface area contributed by atoms with Crippen LogP contribution in [0.5, 0.6) is 0 Å². The summed E-state index contributed by atoms with van der Waals surface area (Å²) in [6.07, 6.45) is 11.4. The molecule has 3 atom stereocenters. The summed E-state index contributed by atoms with van der Waals surface area (Å²) in [5.41, 5.74) is 5.56. The molecule has 2 aromatic carbocycles. The van der Waals surface area contributed by atoms with Gasteiger partial charge in [0.05, 0.1) is 0 Å². The number of rotatable bonds is 8. The maximum absolute atomic E-state index is 6.59. The molecule has 0 N–H and O–H groups in total. The van der Waals surface area contributed by atoms with E-state index in [2.05, 4.69) is 99.4 Å². The molecule has 0 amide bonds. The third-order valence-electron chi connectivity index (χ3n) is 6.70. The Hall–Kier alpha value is -0.440. The fourth-order valence-electron chi connectivity index (χ4n) is 5.23. The summed E-state index contributed by atoms with van der Waals surface area (Å²) < 4.78 is 6.54. The van der Waals surface area contributed by atoms with Gasteiger partial charge in [0.15, 0.2) is 0 Å². The van der Waals surface area contributed by atoms with Gasteiger partial charge in [0.2, 0.25) is 0 Å². The molecular weight excluding hydrogens is 519 g/mol. The minimum atomic E-state index is -2.55. The van der Waals surface area contributed by atoms with Gasteiger partial charge >= 0.3 is 205 Å². The summed E-state index contributed by atoms with van der Waals surface area (Å²) in [7, 11) is 11.5. The molecule has 1 nitrogen and oxygen atoms in total. The number of allylic oxidation sites excluding steroid dienone is 2. The monoisotopic (exact) mass is 547 g/mol. The molecule has 0 radical (unpaired) electrons. The van der Waals surface area contributed by atoms with Crippen LogP contribution in [0, 0.1) is 5.41 Å². The van der Waals surface area contributed by atoms with E-state index in [9.17, 15) is 0 Å². The van der Waals surface area contributed by atoms with Crippen LogP contribution in [0.3, 0.4) is 0 Å². The molecule has 2 aromatic rings. The fourth-order valence-corrected chi connectivity index (χ4v) is 13.3. The van der Waals surface area contributed by atoms with Crippen molar-refractivity contribution in [2.24, 2.45) is 5.41 Å². The molecular formula is C26H31Cl2OSiZr. The summed E-state index contributed by atoms with van der Waals surface area (Å²) in [5.74, 6) is 0.712. The van der Waals surface area contributed by atoms with Crippen LogP contribution in [0.4, 0.5) is 0 Å².